The van der Waals surface area contributed by atoms with Crippen molar-refractivity contribution in [2.24, 2.45) is 7.05 Å². The molecule has 0 bridgehead atoms. The molecule has 138 valence electrons. The molecule has 28 heavy (non-hydrogen) atoms. The van der Waals surface area contributed by atoms with Crippen LogP contribution in [0.1, 0.15) is 5.56 Å². The molecule has 7 nitrogen and oxygen atoms in total. The lowest BCUT2D eigenvalue weighted by atomic mass is 10.1. The number of para-hydroxylation sites is 1. The summed E-state index contributed by atoms with van der Waals surface area (Å²) in [5.74, 6) is 0.243. The Hall–Kier alpha value is -4.00. The maximum atomic E-state index is 12.2. The smallest absolute Gasteiger partial charge is 0.249 e. The van der Waals surface area contributed by atoms with Crippen molar-refractivity contribution >= 4 is 17.8 Å². The first-order valence-electron chi connectivity index (χ1n) is 8.73. The molecule has 0 aliphatic carbocycles. The molecule has 4 rings (SSSR count). The third-order valence-corrected chi connectivity index (χ3v) is 4.08. The molecule has 0 atom stereocenters. The Morgan fingerprint density at radius 3 is 2.64 bits per heavy atom. The van der Waals surface area contributed by atoms with Gasteiger partial charge in [-0.1, -0.05) is 18.2 Å². The van der Waals surface area contributed by atoms with Crippen LogP contribution in [0.5, 0.6) is 0 Å². The number of rotatable bonds is 5. The minimum Gasteiger partial charge on any atom is -0.306 e. The summed E-state index contributed by atoms with van der Waals surface area (Å²) in [6.45, 7) is 0. The summed E-state index contributed by atoms with van der Waals surface area (Å²) >= 11 is 0. The number of carbonyl (C=O) groups is 1. The standard InChI is InChI=1S/C21H18N6O/c1-26-13-11-19(24-26)23-20(28)10-9-17-15-27(18-7-3-2-4-8-18)25-21(17)16-6-5-12-22-14-16/h2-15H,1H3,(H,23,24,28)/b10-9+. The van der Waals surface area contributed by atoms with Crippen LogP contribution < -0.4 is 5.32 Å². The van der Waals surface area contributed by atoms with Gasteiger partial charge in [-0.15, -0.1) is 0 Å². The molecular weight excluding hydrogens is 352 g/mol. The van der Waals surface area contributed by atoms with Gasteiger partial charge in [-0.05, 0) is 30.3 Å². The third kappa shape index (κ3) is 3.88. The Morgan fingerprint density at radius 2 is 1.93 bits per heavy atom. The largest absolute Gasteiger partial charge is 0.306 e. The normalized spacial score (nSPS) is 11.0. The fourth-order valence-corrected chi connectivity index (χ4v) is 2.76. The third-order valence-electron chi connectivity index (χ3n) is 4.08. The van der Waals surface area contributed by atoms with E-state index in [0.717, 1.165) is 22.5 Å². The SMILES string of the molecule is Cn1ccc(NC(=O)/C=C/c2cn(-c3ccccc3)nc2-c2cccnc2)n1. The van der Waals surface area contributed by atoms with Crippen molar-refractivity contribution in [3.05, 3.63) is 85.0 Å². The van der Waals surface area contributed by atoms with Gasteiger partial charge in [0.25, 0.3) is 0 Å². The van der Waals surface area contributed by atoms with Gasteiger partial charge in [-0.25, -0.2) is 4.68 Å². The first kappa shape index (κ1) is 17.4. The van der Waals surface area contributed by atoms with Crippen LogP contribution in [0.15, 0.2) is 79.4 Å². The van der Waals surface area contributed by atoms with Gasteiger partial charge in [0.1, 0.15) is 5.69 Å². The highest BCUT2D eigenvalue weighted by Crippen LogP contribution is 2.24. The molecule has 7 heteroatoms. The Labute approximate surface area is 162 Å². The number of nitrogens with one attached hydrogen (secondary N) is 1. The Kier molecular flexibility index (Phi) is 4.79. The highest BCUT2D eigenvalue weighted by molar-refractivity contribution is 6.01. The molecule has 0 radical (unpaired) electrons. The van der Waals surface area contributed by atoms with Gasteiger partial charge in [0.15, 0.2) is 5.82 Å². The molecule has 0 aliphatic rings. The molecule has 1 N–H and O–H groups in total. The van der Waals surface area contributed by atoms with Crippen LogP contribution in [-0.4, -0.2) is 30.5 Å². The van der Waals surface area contributed by atoms with Crippen molar-refractivity contribution in [2.45, 2.75) is 0 Å². The molecule has 3 heterocycles. The summed E-state index contributed by atoms with van der Waals surface area (Å²) < 4.78 is 3.42. The lowest BCUT2D eigenvalue weighted by Gasteiger charge is -2.00. The molecule has 0 aliphatic heterocycles. The van der Waals surface area contributed by atoms with Crippen molar-refractivity contribution in [1.82, 2.24) is 24.5 Å². The van der Waals surface area contributed by atoms with Crippen LogP contribution in [0.3, 0.4) is 0 Å². The summed E-state index contributed by atoms with van der Waals surface area (Å²) in [6, 6.07) is 15.3. The van der Waals surface area contributed by atoms with Gasteiger partial charge in [0.2, 0.25) is 5.91 Å². The highest BCUT2D eigenvalue weighted by atomic mass is 16.1. The molecule has 0 fully saturated rings. The van der Waals surface area contributed by atoms with Crippen molar-refractivity contribution in [3.8, 4) is 16.9 Å². The average molecular weight is 370 g/mol. The van der Waals surface area contributed by atoms with Gasteiger partial charge >= 0.3 is 0 Å². The molecule has 1 amide bonds. The van der Waals surface area contributed by atoms with Crippen molar-refractivity contribution in [1.29, 1.82) is 0 Å². The van der Waals surface area contributed by atoms with E-state index in [0.29, 0.717) is 5.82 Å². The second kappa shape index (κ2) is 7.71. The number of carbonyl (C=O) groups excluding carboxylic acids is 1. The summed E-state index contributed by atoms with van der Waals surface area (Å²) in [5.41, 5.74) is 3.37. The van der Waals surface area contributed by atoms with Gasteiger partial charge in [-0.3, -0.25) is 14.5 Å². The molecule has 4 aromatic rings. The first-order valence-corrected chi connectivity index (χ1v) is 8.73. The lowest BCUT2D eigenvalue weighted by Crippen LogP contribution is -2.08. The number of hydrogen-bond acceptors (Lipinski definition) is 4. The number of aromatic nitrogens is 5. The zero-order valence-electron chi connectivity index (χ0n) is 15.2. The van der Waals surface area contributed by atoms with E-state index in [1.807, 2.05) is 48.7 Å². The van der Waals surface area contributed by atoms with E-state index in [1.54, 1.807) is 47.1 Å². The van der Waals surface area contributed by atoms with Crippen LogP contribution in [0.25, 0.3) is 23.0 Å². The van der Waals surface area contributed by atoms with Crippen molar-refractivity contribution in [2.75, 3.05) is 5.32 Å². The maximum Gasteiger partial charge on any atom is 0.249 e. The molecule has 0 saturated carbocycles. The second-order valence-corrected chi connectivity index (χ2v) is 6.15. The number of hydrogen-bond donors (Lipinski definition) is 1. The average Bonchev–Trinajstić information content (AvgIpc) is 3.34. The fourth-order valence-electron chi connectivity index (χ4n) is 2.76. The number of benzene rings is 1. The van der Waals surface area contributed by atoms with Crippen LogP contribution >= 0.6 is 0 Å². The minimum atomic E-state index is -0.261. The number of amides is 1. The van der Waals surface area contributed by atoms with Crippen LogP contribution in [0, 0.1) is 0 Å². The molecule has 1 aromatic carbocycles. The fraction of sp³-hybridized carbons (Fsp3) is 0.0476. The summed E-state index contributed by atoms with van der Waals surface area (Å²) in [5, 5.41) is 11.6. The zero-order chi connectivity index (χ0) is 19.3. The predicted molar refractivity (Wildman–Crippen MR) is 108 cm³/mol. The van der Waals surface area contributed by atoms with E-state index in [-0.39, 0.29) is 5.91 Å². The summed E-state index contributed by atoms with van der Waals surface area (Å²) in [4.78, 5) is 16.4. The summed E-state index contributed by atoms with van der Waals surface area (Å²) in [7, 11) is 1.80. The van der Waals surface area contributed by atoms with Crippen LogP contribution in [0.4, 0.5) is 5.82 Å². The minimum absolute atomic E-state index is 0.261. The van der Waals surface area contributed by atoms with E-state index < -0.39 is 0 Å². The molecule has 0 saturated heterocycles. The van der Waals surface area contributed by atoms with E-state index in [2.05, 4.69) is 15.4 Å². The molecular formula is C21H18N6O. The molecule has 0 unspecified atom stereocenters. The predicted octanol–water partition coefficient (Wildman–Crippen LogP) is 3.32. The van der Waals surface area contributed by atoms with Gasteiger partial charge < -0.3 is 5.32 Å². The van der Waals surface area contributed by atoms with Gasteiger partial charge in [-0.2, -0.15) is 10.2 Å². The monoisotopic (exact) mass is 370 g/mol. The highest BCUT2D eigenvalue weighted by Gasteiger charge is 2.11. The number of pyridine rings is 1. The van der Waals surface area contributed by atoms with E-state index in [1.165, 1.54) is 6.08 Å². The number of aryl methyl sites for hydroxylation is 1. The van der Waals surface area contributed by atoms with Crippen LogP contribution in [-0.2, 0) is 11.8 Å². The second-order valence-electron chi connectivity index (χ2n) is 6.15. The number of nitrogens with zero attached hydrogens (tertiary/aromatic N) is 5. The summed E-state index contributed by atoms with van der Waals surface area (Å²) in [6.07, 6.45) is 10.3. The Morgan fingerprint density at radius 1 is 1.07 bits per heavy atom. The van der Waals surface area contributed by atoms with E-state index >= 15 is 0 Å². The quantitative estimate of drug-likeness (QED) is 0.547. The maximum absolute atomic E-state index is 12.2. The van der Waals surface area contributed by atoms with Gasteiger partial charge in [0.05, 0.1) is 5.69 Å². The molecule has 0 spiro atoms. The Balaban J connectivity index is 1.64. The van der Waals surface area contributed by atoms with Crippen molar-refractivity contribution in [3.63, 3.8) is 0 Å². The van der Waals surface area contributed by atoms with Gasteiger partial charge in [0, 0.05) is 55.1 Å². The van der Waals surface area contributed by atoms with E-state index in [9.17, 15) is 4.79 Å². The lowest BCUT2D eigenvalue weighted by molar-refractivity contribution is -0.111. The van der Waals surface area contributed by atoms with E-state index in [4.69, 9.17) is 5.10 Å². The first-order chi connectivity index (χ1) is 13.7. The van der Waals surface area contributed by atoms with Crippen molar-refractivity contribution < 1.29 is 4.79 Å². The Bertz CT molecular complexity index is 1110. The van der Waals surface area contributed by atoms with Crippen LogP contribution in [0.2, 0.25) is 0 Å². The zero-order valence-corrected chi connectivity index (χ0v) is 15.2. The topological polar surface area (TPSA) is 77.6 Å². The number of anilines is 1. The molecule has 3 aromatic heterocycles.